The van der Waals surface area contributed by atoms with E-state index in [4.69, 9.17) is 4.74 Å². The van der Waals surface area contributed by atoms with Crippen LogP contribution in [0.1, 0.15) is 23.1 Å². The number of rotatable bonds is 3. The van der Waals surface area contributed by atoms with Crippen molar-refractivity contribution in [2.75, 3.05) is 0 Å². The van der Waals surface area contributed by atoms with E-state index in [9.17, 15) is 4.79 Å². The minimum atomic E-state index is -0.385. The maximum absolute atomic E-state index is 12.2. The van der Waals surface area contributed by atoms with Crippen LogP contribution in [-0.4, -0.2) is 12.0 Å². The van der Waals surface area contributed by atoms with Crippen molar-refractivity contribution in [3.8, 4) is 5.75 Å². The lowest BCUT2D eigenvalue weighted by atomic mass is 10.00. The molecule has 0 fully saturated rings. The number of nitrogens with one attached hydrogen (secondary N) is 1. The van der Waals surface area contributed by atoms with E-state index in [0.717, 1.165) is 24.2 Å². The molecule has 2 aromatic carbocycles. The van der Waals surface area contributed by atoms with Gasteiger partial charge in [0.05, 0.1) is 0 Å². The average Bonchev–Trinajstić information content (AvgIpc) is 2.53. The molecule has 1 N–H and O–H groups in total. The first-order valence-electron chi connectivity index (χ1n) is 7.30. The molecule has 2 aromatic rings. The molecule has 3 heteroatoms. The number of hydrogen-bond donors (Lipinski definition) is 1. The van der Waals surface area contributed by atoms with E-state index in [1.54, 1.807) is 0 Å². The molecule has 1 aliphatic rings. The number of carbonyl (C=O) groups is 1. The lowest BCUT2D eigenvalue weighted by Crippen LogP contribution is -2.40. The maximum Gasteiger partial charge on any atom is 0.261 e. The Balaban J connectivity index is 1.60. The van der Waals surface area contributed by atoms with Crippen molar-refractivity contribution in [3.05, 3.63) is 65.2 Å². The summed E-state index contributed by atoms with van der Waals surface area (Å²) in [7, 11) is 0. The first kappa shape index (κ1) is 13.7. The molecule has 3 rings (SSSR count). The highest BCUT2D eigenvalue weighted by Crippen LogP contribution is 2.28. The quantitative estimate of drug-likeness (QED) is 0.939. The summed E-state index contributed by atoms with van der Waals surface area (Å²) in [6, 6.07) is 16.0. The first-order chi connectivity index (χ1) is 10.2. The molecule has 0 unspecified atom stereocenters. The summed E-state index contributed by atoms with van der Waals surface area (Å²) in [5.41, 5.74) is 3.52. The lowest BCUT2D eigenvalue weighted by Gasteiger charge is -2.25. The van der Waals surface area contributed by atoms with Gasteiger partial charge in [0, 0.05) is 6.54 Å². The van der Waals surface area contributed by atoms with Crippen LogP contribution in [-0.2, 0) is 17.8 Å². The Hall–Kier alpha value is -2.29. The zero-order valence-electron chi connectivity index (χ0n) is 12.1. The summed E-state index contributed by atoms with van der Waals surface area (Å²) in [4.78, 5) is 12.2. The monoisotopic (exact) mass is 281 g/mol. The number of amides is 1. The normalized spacial score (nSPS) is 16.7. The van der Waals surface area contributed by atoms with Gasteiger partial charge >= 0.3 is 0 Å². The molecule has 3 nitrogen and oxygen atoms in total. The SMILES string of the molecule is Cc1ccc2c(c1)CC[C@H](C(=O)NCc1ccccc1)O2. The molecule has 1 atom stereocenters. The predicted octanol–water partition coefficient (Wildman–Crippen LogP) is 3.01. The first-order valence-corrected chi connectivity index (χ1v) is 7.30. The van der Waals surface area contributed by atoms with Gasteiger partial charge in [0.25, 0.3) is 5.91 Å². The third-order valence-corrected chi connectivity index (χ3v) is 3.76. The Bertz CT molecular complexity index is 637. The van der Waals surface area contributed by atoms with Gasteiger partial charge in [0.15, 0.2) is 6.10 Å². The van der Waals surface area contributed by atoms with Gasteiger partial charge in [0.1, 0.15) is 5.75 Å². The Kier molecular flexibility index (Phi) is 3.91. The van der Waals surface area contributed by atoms with E-state index in [-0.39, 0.29) is 12.0 Å². The summed E-state index contributed by atoms with van der Waals surface area (Å²) < 4.78 is 5.83. The van der Waals surface area contributed by atoms with Gasteiger partial charge in [-0.25, -0.2) is 0 Å². The van der Waals surface area contributed by atoms with Gasteiger partial charge in [0.2, 0.25) is 0 Å². The summed E-state index contributed by atoms with van der Waals surface area (Å²) in [5, 5.41) is 2.95. The van der Waals surface area contributed by atoms with Gasteiger partial charge in [-0.3, -0.25) is 4.79 Å². The standard InChI is InChI=1S/C18H19NO2/c1-13-7-9-16-15(11-13)8-10-17(21-16)18(20)19-12-14-5-3-2-4-6-14/h2-7,9,11,17H,8,10,12H2,1H3,(H,19,20)/t17-/m1/s1. The zero-order valence-corrected chi connectivity index (χ0v) is 12.1. The average molecular weight is 281 g/mol. The van der Waals surface area contributed by atoms with Gasteiger partial charge in [-0.05, 0) is 37.0 Å². The largest absolute Gasteiger partial charge is 0.480 e. The van der Waals surface area contributed by atoms with E-state index in [0.29, 0.717) is 6.54 Å². The molecule has 1 heterocycles. The zero-order chi connectivity index (χ0) is 14.7. The molecule has 0 bridgehead atoms. The van der Waals surface area contributed by atoms with Crippen molar-refractivity contribution in [1.29, 1.82) is 0 Å². The second-order valence-corrected chi connectivity index (χ2v) is 5.46. The van der Waals surface area contributed by atoms with Crippen molar-refractivity contribution in [3.63, 3.8) is 0 Å². The smallest absolute Gasteiger partial charge is 0.261 e. The van der Waals surface area contributed by atoms with Crippen molar-refractivity contribution in [2.45, 2.75) is 32.4 Å². The molecule has 1 aliphatic heterocycles. The van der Waals surface area contributed by atoms with E-state index in [2.05, 4.69) is 18.3 Å². The van der Waals surface area contributed by atoms with Crippen LogP contribution in [0.5, 0.6) is 5.75 Å². The number of carbonyl (C=O) groups excluding carboxylic acids is 1. The van der Waals surface area contributed by atoms with Crippen molar-refractivity contribution < 1.29 is 9.53 Å². The molecule has 0 saturated heterocycles. The van der Waals surface area contributed by atoms with Gasteiger partial charge in [-0.2, -0.15) is 0 Å². The van der Waals surface area contributed by atoms with Crippen molar-refractivity contribution >= 4 is 5.91 Å². The van der Waals surface area contributed by atoms with E-state index in [1.807, 2.05) is 42.5 Å². The molecule has 0 radical (unpaired) electrons. The molecular formula is C18H19NO2. The van der Waals surface area contributed by atoms with E-state index < -0.39 is 0 Å². The molecule has 1 amide bonds. The molecule has 21 heavy (non-hydrogen) atoms. The second kappa shape index (κ2) is 6.00. The summed E-state index contributed by atoms with van der Waals surface area (Å²) in [6.45, 7) is 2.61. The third kappa shape index (κ3) is 3.24. The third-order valence-electron chi connectivity index (χ3n) is 3.76. The van der Waals surface area contributed by atoms with Crippen LogP contribution in [0.3, 0.4) is 0 Å². The van der Waals surface area contributed by atoms with Gasteiger partial charge in [-0.15, -0.1) is 0 Å². The molecule has 0 spiro atoms. The van der Waals surface area contributed by atoms with Crippen LogP contribution in [0.4, 0.5) is 0 Å². The summed E-state index contributed by atoms with van der Waals surface area (Å²) in [5.74, 6) is 0.803. The van der Waals surface area contributed by atoms with Crippen LogP contribution in [0.2, 0.25) is 0 Å². The summed E-state index contributed by atoms with van der Waals surface area (Å²) in [6.07, 6.45) is 1.24. The summed E-state index contributed by atoms with van der Waals surface area (Å²) >= 11 is 0. The Morgan fingerprint density at radius 1 is 1.24 bits per heavy atom. The fraction of sp³-hybridized carbons (Fsp3) is 0.278. The lowest BCUT2D eigenvalue weighted by molar-refractivity contribution is -0.128. The van der Waals surface area contributed by atoms with Crippen LogP contribution in [0, 0.1) is 6.92 Å². The topological polar surface area (TPSA) is 38.3 Å². The van der Waals surface area contributed by atoms with E-state index in [1.165, 1.54) is 11.1 Å². The minimum absolute atomic E-state index is 0.0370. The van der Waals surface area contributed by atoms with Crippen LogP contribution < -0.4 is 10.1 Å². The molecule has 0 aromatic heterocycles. The molecule has 108 valence electrons. The Labute approximate surface area is 124 Å². The number of fused-ring (bicyclic) bond motifs is 1. The van der Waals surface area contributed by atoms with Crippen molar-refractivity contribution in [2.24, 2.45) is 0 Å². The highest BCUT2D eigenvalue weighted by Gasteiger charge is 2.25. The molecule has 0 saturated carbocycles. The minimum Gasteiger partial charge on any atom is -0.480 e. The number of benzene rings is 2. The number of aryl methyl sites for hydroxylation is 2. The second-order valence-electron chi connectivity index (χ2n) is 5.46. The van der Waals surface area contributed by atoms with E-state index >= 15 is 0 Å². The highest BCUT2D eigenvalue weighted by molar-refractivity contribution is 5.81. The maximum atomic E-state index is 12.2. The highest BCUT2D eigenvalue weighted by atomic mass is 16.5. The predicted molar refractivity (Wildman–Crippen MR) is 82.2 cm³/mol. The van der Waals surface area contributed by atoms with Crippen LogP contribution in [0.15, 0.2) is 48.5 Å². The molecular weight excluding hydrogens is 262 g/mol. The Morgan fingerprint density at radius 3 is 2.86 bits per heavy atom. The Morgan fingerprint density at radius 2 is 2.05 bits per heavy atom. The fourth-order valence-electron chi connectivity index (χ4n) is 2.60. The van der Waals surface area contributed by atoms with Crippen molar-refractivity contribution in [1.82, 2.24) is 5.32 Å². The van der Waals surface area contributed by atoms with Crippen LogP contribution in [0.25, 0.3) is 0 Å². The number of hydrogen-bond acceptors (Lipinski definition) is 2. The van der Waals surface area contributed by atoms with Gasteiger partial charge < -0.3 is 10.1 Å². The van der Waals surface area contributed by atoms with Crippen LogP contribution >= 0.6 is 0 Å². The fourth-order valence-corrected chi connectivity index (χ4v) is 2.60. The van der Waals surface area contributed by atoms with Gasteiger partial charge in [-0.1, -0.05) is 48.0 Å². The molecule has 0 aliphatic carbocycles. The number of ether oxygens (including phenoxy) is 1.